The Morgan fingerprint density at radius 1 is 0.710 bits per heavy atom. The second kappa shape index (κ2) is 10.3. The van der Waals surface area contributed by atoms with Gasteiger partial charge in [0.1, 0.15) is 11.5 Å². The SMILES string of the molecule is Cc1ccc(NC(=O)C(C)Oc2ccccc2)cc1NC(=O)C(C)Oc1ccccc1. The van der Waals surface area contributed by atoms with Crippen molar-refractivity contribution in [2.24, 2.45) is 0 Å². The Labute approximate surface area is 182 Å². The Balaban J connectivity index is 1.61. The van der Waals surface area contributed by atoms with Crippen LogP contribution in [0.4, 0.5) is 11.4 Å². The summed E-state index contributed by atoms with van der Waals surface area (Å²) < 4.78 is 11.3. The van der Waals surface area contributed by atoms with Crippen molar-refractivity contribution < 1.29 is 19.1 Å². The van der Waals surface area contributed by atoms with E-state index in [0.717, 1.165) is 5.56 Å². The van der Waals surface area contributed by atoms with Gasteiger partial charge in [0, 0.05) is 11.4 Å². The molecule has 0 bridgehead atoms. The van der Waals surface area contributed by atoms with Gasteiger partial charge in [-0.05, 0) is 62.7 Å². The molecule has 6 nitrogen and oxygen atoms in total. The first kappa shape index (κ1) is 21.9. The number of nitrogens with one attached hydrogen (secondary N) is 2. The van der Waals surface area contributed by atoms with Gasteiger partial charge in [-0.25, -0.2) is 0 Å². The van der Waals surface area contributed by atoms with Gasteiger partial charge in [0.2, 0.25) is 0 Å². The molecule has 0 aliphatic carbocycles. The van der Waals surface area contributed by atoms with Crippen LogP contribution in [0.25, 0.3) is 0 Å². The highest BCUT2D eigenvalue weighted by Gasteiger charge is 2.18. The van der Waals surface area contributed by atoms with E-state index in [-0.39, 0.29) is 11.8 Å². The number of ether oxygens (including phenoxy) is 2. The van der Waals surface area contributed by atoms with Crippen molar-refractivity contribution in [3.05, 3.63) is 84.4 Å². The molecule has 6 heteroatoms. The van der Waals surface area contributed by atoms with Crippen LogP contribution in [0.15, 0.2) is 78.9 Å². The van der Waals surface area contributed by atoms with Crippen molar-refractivity contribution >= 4 is 23.2 Å². The normalized spacial score (nSPS) is 12.4. The Morgan fingerprint density at radius 2 is 1.19 bits per heavy atom. The first-order chi connectivity index (χ1) is 14.9. The van der Waals surface area contributed by atoms with Gasteiger partial charge >= 0.3 is 0 Å². The lowest BCUT2D eigenvalue weighted by atomic mass is 10.1. The Hall–Kier alpha value is -3.80. The van der Waals surface area contributed by atoms with Gasteiger partial charge in [0.25, 0.3) is 11.8 Å². The summed E-state index contributed by atoms with van der Waals surface area (Å²) in [5.41, 5.74) is 2.03. The number of amides is 2. The van der Waals surface area contributed by atoms with E-state index < -0.39 is 12.2 Å². The number of aryl methyl sites for hydroxylation is 1. The Kier molecular flexibility index (Phi) is 7.27. The zero-order valence-electron chi connectivity index (χ0n) is 17.8. The average Bonchev–Trinajstić information content (AvgIpc) is 2.77. The Bertz CT molecular complexity index is 1020. The number of anilines is 2. The van der Waals surface area contributed by atoms with Crippen molar-refractivity contribution in [2.75, 3.05) is 10.6 Å². The fourth-order valence-corrected chi connectivity index (χ4v) is 2.83. The van der Waals surface area contributed by atoms with E-state index in [1.807, 2.05) is 49.4 Å². The molecule has 0 spiro atoms. The molecule has 2 unspecified atom stereocenters. The molecule has 0 radical (unpaired) electrons. The van der Waals surface area contributed by atoms with E-state index in [2.05, 4.69) is 10.6 Å². The molecule has 0 heterocycles. The van der Waals surface area contributed by atoms with E-state index in [1.54, 1.807) is 50.2 Å². The molecule has 2 N–H and O–H groups in total. The van der Waals surface area contributed by atoms with Crippen LogP contribution in [0.2, 0.25) is 0 Å². The van der Waals surface area contributed by atoms with Gasteiger partial charge in [-0.3, -0.25) is 9.59 Å². The van der Waals surface area contributed by atoms with Gasteiger partial charge in [-0.2, -0.15) is 0 Å². The fourth-order valence-electron chi connectivity index (χ4n) is 2.83. The molecule has 0 saturated heterocycles. The lowest BCUT2D eigenvalue weighted by molar-refractivity contribution is -0.122. The van der Waals surface area contributed by atoms with Crippen LogP contribution in [0.3, 0.4) is 0 Å². The smallest absolute Gasteiger partial charge is 0.265 e. The molecule has 3 rings (SSSR count). The van der Waals surface area contributed by atoms with Crippen LogP contribution in [0.5, 0.6) is 11.5 Å². The van der Waals surface area contributed by atoms with Crippen LogP contribution < -0.4 is 20.1 Å². The quantitative estimate of drug-likeness (QED) is 0.551. The average molecular weight is 418 g/mol. The van der Waals surface area contributed by atoms with Crippen molar-refractivity contribution in [1.29, 1.82) is 0 Å². The summed E-state index contributed by atoms with van der Waals surface area (Å²) in [5, 5.41) is 5.69. The highest BCUT2D eigenvalue weighted by atomic mass is 16.5. The molecule has 2 amide bonds. The number of para-hydroxylation sites is 2. The molecule has 3 aromatic rings. The largest absolute Gasteiger partial charge is 0.481 e. The second-order valence-corrected chi connectivity index (χ2v) is 7.15. The van der Waals surface area contributed by atoms with Crippen LogP contribution in [0, 0.1) is 6.92 Å². The van der Waals surface area contributed by atoms with Gasteiger partial charge in [-0.1, -0.05) is 42.5 Å². The van der Waals surface area contributed by atoms with Crippen molar-refractivity contribution in [2.45, 2.75) is 33.0 Å². The second-order valence-electron chi connectivity index (χ2n) is 7.15. The number of rotatable bonds is 8. The molecule has 3 aromatic carbocycles. The molecule has 0 saturated carbocycles. The number of benzene rings is 3. The molecule has 31 heavy (non-hydrogen) atoms. The highest BCUT2D eigenvalue weighted by Crippen LogP contribution is 2.22. The monoisotopic (exact) mass is 418 g/mol. The minimum absolute atomic E-state index is 0.281. The maximum Gasteiger partial charge on any atom is 0.265 e. The van der Waals surface area contributed by atoms with Crippen molar-refractivity contribution in [1.82, 2.24) is 0 Å². The third-order valence-electron chi connectivity index (χ3n) is 4.61. The number of hydrogen-bond donors (Lipinski definition) is 2. The van der Waals surface area contributed by atoms with E-state index in [4.69, 9.17) is 9.47 Å². The predicted molar refractivity (Wildman–Crippen MR) is 122 cm³/mol. The first-order valence-corrected chi connectivity index (χ1v) is 10.1. The molecule has 0 aliphatic rings. The summed E-state index contributed by atoms with van der Waals surface area (Å²) in [5.74, 6) is 0.673. The zero-order chi connectivity index (χ0) is 22.2. The number of carbonyl (C=O) groups is 2. The Morgan fingerprint density at radius 3 is 1.71 bits per heavy atom. The van der Waals surface area contributed by atoms with E-state index in [1.165, 1.54) is 0 Å². The minimum atomic E-state index is -0.681. The number of carbonyl (C=O) groups excluding carboxylic acids is 2. The third-order valence-corrected chi connectivity index (χ3v) is 4.61. The van der Waals surface area contributed by atoms with Crippen LogP contribution in [-0.2, 0) is 9.59 Å². The minimum Gasteiger partial charge on any atom is -0.481 e. The summed E-state index contributed by atoms with van der Waals surface area (Å²) in [7, 11) is 0. The van der Waals surface area contributed by atoms with Crippen molar-refractivity contribution in [3.8, 4) is 11.5 Å². The molecule has 0 aromatic heterocycles. The van der Waals surface area contributed by atoms with E-state index in [0.29, 0.717) is 22.9 Å². The summed E-state index contributed by atoms with van der Waals surface area (Å²) in [4.78, 5) is 25.1. The fraction of sp³-hybridized carbons (Fsp3) is 0.200. The topological polar surface area (TPSA) is 76.7 Å². The predicted octanol–water partition coefficient (Wildman–Crippen LogP) is 4.81. The van der Waals surface area contributed by atoms with Gasteiger partial charge < -0.3 is 20.1 Å². The molecule has 0 fully saturated rings. The zero-order valence-corrected chi connectivity index (χ0v) is 17.8. The lowest BCUT2D eigenvalue weighted by Gasteiger charge is -2.17. The lowest BCUT2D eigenvalue weighted by Crippen LogP contribution is -2.31. The van der Waals surface area contributed by atoms with Crippen LogP contribution in [-0.4, -0.2) is 24.0 Å². The molecular weight excluding hydrogens is 392 g/mol. The van der Waals surface area contributed by atoms with E-state index in [9.17, 15) is 9.59 Å². The van der Waals surface area contributed by atoms with Crippen LogP contribution >= 0.6 is 0 Å². The summed E-state index contributed by atoms with van der Waals surface area (Å²) in [6, 6.07) is 23.6. The first-order valence-electron chi connectivity index (χ1n) is 10.1. The molecule has 0 aliphatic heterocycles. The summed E-state index contributed by atoms with van der Waals surface area (Å²) in [6.07, 6.45) is -1.36. The number of hydrogen-bond acceptors (Lipinski definition) is 4. The summed E-state index contributed by atoms with van der Waals surface area (Å²) in [6.45, 7) is 5.25. The maximum absolute atomic E-state index is 12.6. The third kappa shape index (κ3) is 6.34. The standard InChI is InChI=1S/C25H26N2O4/c1-17-14-15-20(26-24(28)18(2)30-21-10-6-4-7-11-21)16-23(17)27-25(29)19(3)31-22-12-8-5-9-13-22/h4-16,18-19H,1-3H3,(H,26,28)(H,27,29). The summed E-state index contributed by atoms with van der Waals surface area (Å²) >= 11 is 0. The van der Waals surface area contributed by atoms with Gasteiger partial charge in [0.05, 0.1) is 0 Å². The molecule has 160 valence electrons. The van der Waals surface area contributed by atoms with Crippen molar-refractivity contribution in [3.63, 3.8) is 0 Å². The van der Waals surface area contributed by atoms with Gasteiger partial charge in [-0.15, -0.1) is 0 Å². The van der Waals surface area contributed by atoms with E-state index >= 15 is 0 Å². The highest BCUT2D eigenvalue weighted by molar-refractivity contribution is 5.97. The van der Waals surface area contributed by atoms with Gasteiger partial charge in [0.15, 0.2) is 12.2 Å². The maximum atomic E-state index is 12.6. The van der Waals surface area contributed by atoms with Crippen LogP contribution in [0.1, 0.15) is 19.4 Å². The molecular formula is C25H26N2O4. The molecule has 2 atom stereocenters.